The molecule has 1 aliphatic heterocycles. The fourth-order valence-corrected chi connectivity index (χ4v) is 2.16. The highest BCUT2D eigenvalue weighted by Crippen LogP contribution is 2.15. The first-order valence-corrected chi connectivity index (χ1v) is 5.79. The second-order valence-electron chi connectivity index (χ2n) is 4.79. The van der Waals surface area contributed by atoms with Crippen LogP contribution >= 0.6 is 0 Å². The third-order valence-electron chi connectivity index (χ3n) is 3.38. The van der Waals surface area contributed by atoms with Crippen molar-refractivity contribution in [3.63, 3.8) is 0 Å². The second kappa shape index (κ2) is 4.20. The third kappa shape index (κ3) is 2.21. The average molecular weight is 216 g/mol. The summed E-state index contributed by atoms with van der Waals surface area (Å²) in [4.78, 5) is 2.17. The van der Waals surface area contributed by atoms with Crippen LogP contribution in [0, 0.1) is 13.8 Å². The Morgan fingerprint density at radius 3 is 2.69 bits per heavy atom. The van der Waals surface area contributed by atoms with Crippen LogP contribution in [0.5, 0.6) is 0 Å². The summed E-state index contributed by atoms with van der Waals surface area (Å²) < 4.78 is 0. The molecule has 0 aliphatic carbocycles. The molecular weight excluding hydrogens is 196 g/mol. The molecule has 2 rings (SSSR count). The molecule has 0 amide bonds. The molecule has 2 nitrogen and oxygen atoms in total. The van der Waals surface area contributed by atoms with Crippen LogP contribution < -0.4 is 5.32 Å². The van der Waals surface area contributed by atoms with Crippen LogP contribution in [0.1, 0.15) is 16.7 Å². The van der Waals surface area contributed by atoms with E-state index in [-0.39, 0.29) is 0 Å². The number of nitrogens with one attached hydrogen (secondary N) is 1. The molecule has 1 fully saturated rings. The van der Waals surface area contributed by atoms with Gasteiger partial charge < -0.3 is 10.2 Å². The highest BCUT2D eigenvalue weighted by Gasteiger charge is 2.21. The molecule has 1 atom stereocenters. The molecule has 1 aliphatic rings. The van der Waals surface area contributed by atoms with Gasteiger partial charge in [0, 0.05) is 19.6 Å². The van der Waals surface area contributed by atoms with Crippen LogP contribution in [0.2, 0.25) is 0 Å². The number of rotatable bonds is 2. The Labute approximate surface area is 98.0 Å². The van der Waals surface area contributed by atoms with Crippen LogP contribution in [-0.2, 0) is 6.42 Å². The van der Waals surface area contributed by atoms with Crippen molar-refractivity contribution in [3.8, 4) is 0 Å². The van der Waals surface area contributed by atoms with E-state index in [0.717, 1.165) is 18.8 Å². The number of hydrogen-bond acceptors (Lipinski definition) is 2. The Hall–Kier alpha value is -1.44. The highest BCUT2D eigenvalue weighted by molar-refractivity contribution is 5.30. The standard InChI is InChI=1S/C14H20N2/c1-10-5-6-13(7-11(10)2)8-14-9-16(4)12(3)15-14/h5-7,14-15H,3,8-9H2,1-2,4H3. The summed E-state index contributed by atoms with van der Waals surface area (Å²) in [6, 6.07) is 7.22. The lowest BCUT2D eigenvalue weighted by atomic mass is 10.0. The summed E-state index contributed by atoms with van der Waals surface area (Å²) in [6.07, 6.45) is 1.07. The van der Waals surface area contributed by atoms with Gasteiger partial charge in [-0.25, -0.2) is 0 Å². The molecule has 1 unspecified atom stereocenters. The van der Waals surface area contributed by atoms with E-state index in [1.165, 1.54) is 16.7 Å². The van der Waals surface area contributed by atoms with Gasteiger partial charge in [-0.2, -0.15) is 0 Å². The van der Waals surface area contributed by atoms with E-state index in [0.29, 0.717) is 6.04 Å². The first-order valence-electron chi connectivity index (χ1n) is 5.79. The topological polar surface area (TPSA) is 15.3 Å². The fourth-order valence-electron chi connectivity index (χ4n) is 2.16. The molecule has 1 heterocycles. The molecule has 0 radical (unpaired) electrons. The Bertz CT molecular complexity index is 409. The lowest BCUT2D eigenvalue weighted by Gasteiger charge is -2.11. The van der Waals surface area contributed by atoms with Crippen molar-refractivity contribution in [2.24, 2.45) is 0 Å². The van der Waals surface area contributed by atoms with Crippen molar-refractivity contribution in [2.75, 3.05) is 13.6 Å². The molecule has 1 saturated heterocycles. The van der Waals surface area contributed by atoms with E-state index >= 15 is 0 Å². The van der Waals surface area contributed by atoms with E-state index in [4.69, 9.17) is 0 Å². The second-order valence-corrected chi connectivity index (χ2v) is 4.79. The summed E-state index contributed by atoms with van der Waals surface area (Å²) in [5.74, 6) is 1.04. The Morgan fingerprint density at radius 1 is 1.38 bits per heavy atom. The van der Waals surface area contributed by atoms with Crippen molar-refractivity contribution in [2.45, 2.75) is 26.3 Å². The minimum Gasteiger partial charge on any atom is -0.367 e. The minimum atomic E-state index is 0.500. The van der Waals surface area contributed by atoms with Gasteiger partial charge in [-0.1, -0.05) is 24.8 Å². The molecule has 1 aromatic carbocycles. The largest absolute Gasteiger partial charge is 0.367 e. The van der Waals surface area contributed by atoms with E-state index in [1.807, 2.05) is 0 Å². The molecule has 16 heavy (non-hydrogen) atoms. The lowest BCUT2D eigenvalue weighted by molar-refractivity contribution is 0.463. The van der Waals surface area contributed by atoms with Gasteiger partial charge in [-0.3, -0.25) is 0 Å². The van der Waals surface area contributed by atoms with Crippen molar-refractivity contribution in [1.82, 2.24) is 10.2 Å². The summed E-state index contributed by atoms with van der Waals surface area (Å²) in [5, 5.41) is 3.42. The van der Waals surface area contributed by atoms with E-state index in [9.17, 15) is 0 Å². The zero-order valence-electron chi connectivity index (χ0n) is 10.4. The first kappa shape index (κ1) is 11.1. The van der Waals surface area contributed by atoms with E-state index in [2.05, 4.69) is 55.9 Å². The monoisotopic (exact) mass is 216 g/mol. The number of nitrogens with zero attached hydrogens (tertiary/aromatic N) is 1. The van der Waals surface area contributed by atoms with Gasteiger partial charge in [0.05, 0.1) is 5.82 Å². The Kier molecular flexibility index (Phi) is 2.90. The third-order valence-corrected chi connectivity index (χ3v) is 3.38. The van der Waals surface area contributed by atoms with Crippen LogP contribution in [0.4, 0.5) is 0 Å². The van der Waals surface area contributed by atoms with Crippen molar-refractivity contribution < 1.29 is 0 Å². The molecule has 1 N–H and O–H groups in total. The molecule has 0 bridgehead atoms. The van der Waals surface area contributed by atoms with Crippen LogP contribution in [0.15, 0.2) is 30.6 Å². The Balaban J connectivity index is 2.05. The summed E-state index contributed by atoms with van der Waals surface area (Å²) in [6.45, 7) is 9.35. The molecule has 0 aromatic heterocycles. The molecule has 2 heteroatoms. The van der Waals surface area contributed by atoms with Gasteiger partial charge in [0.15, 0.2) is 0 Å². The minimum absolute atomic E-state index is 0.500. The summed E-state index contributed by atoms with van der Waals surface area (Å²) in [5.41, 5.74) is 4.15. The van der Waals surface area contributed by atoms with Crippen molar-refractivity contribution >= 4 is 0 Å². The van der Waals surface area contributed by atoms with Gasteiger partial charge in [-0.15, -0.1) is 0 Å². The normalized spacial score (nSPS) is 20.1. The van der Waals surface area contributed by atoms with Gasteiger partial charge >= 0.3 is 0 Å². The predicted molar refractivity (Wildman–Crippen MR) is 68.3 cm³/mol. The van der Waals surface area contributed by atoms with Gasteiger partial charge in [0.2, 0.25) is 0 Å². The maximum atomic E-state index is 3.97. The summed E-state index contributed by atoms with van der Waals surface area (Å²) in [7, 11) is 2.08. The van der Waals surface area contributed by atoms with Crippen LogP contribution in [0.3, 0.4) is 0 Å². The molecule has 1 aromatic rings. The smallest absolute Gasteiger partial charge is 0.0939 e. The van der Waals surface area contributed by atoms with E-state index in [1.54, 1.807) is 0 Å². The zero-order valence-corrected chi connectivity index (χ0v) is 10.4. The highest BCUT2D eigenvalue weighted by atomic mass is 15.3. The maximum Gasteiger partial charge on any atom is 0.0939 e. The molecule has 0 saturated carbocycles. The number of hydrogen-bond donors (Lipinski definition) is 1. The van der Waals surface area contributed by atoms with Crippen LogP contribution in [0.25, 0.3) is 0 Å². The first-order chi connectivity index (χ1) is 7.56. The van der Waals surface area contributed by atoms with Crippen molar-refractivity contribution in [3.05, 3.63) is 47.3 Å². The van der Waals surface area contributed by atoms with Gasteiger partial charge in [0.25, 0.3) is 0 Å². The zero-order chi connectivity index (χ0) is 11.7. The lowest BCUT2D eigenvalue weighted by Crippen LogP contribution is -2.25. The van der Waals surface area contributed by atoms with Gasteiger partial charge in [0.1, 0.15) is 0 Å². The molecule has 0 spiro atoms. The van der Waals surface area contributed by atoms with Gasteiger partial charge in [-0.05, 0) is 37.0 Å². The maximum absolute atomic E-state index is 3.97. The van der Waals surface area contributed by atoms with E-state index < -0.39 is 0 Å². The SMILES string of the molecule is C=C1NC(Cc2ccc(C)c(C)c2)CN1C. The molecule has 86 valence electrons. The van der Waals surface area contributed by atoms with Crippen LogP contribution in [-0.4, -0.2) is 24.5 Å². The Morgan fingerprint density at radius 2 is 2.12 bits per heavy atom. The summed E-state index contributed by atoms with van der Waals surface area (Å²) >= 11 is 0. The quantitative estimate of drug-likeness (QED) is 0.815. The number of aryl methyl sites for hydroxylation is 2. The molecular formula is C14H20N2. The number of likely N-dealkylation sites (N-methyl/N-ethyl adjacent to an activating group) is 1. The number of benzene rings is 1. The average Bonchev–Trinajstić information content (AvgIpc) is 2.52. The van der Waals surface area contributed by atoms with Crippen molar-refractivity contribution in [1.29, 1.82) is 0 Å². The predicted octanol–water partition coefficient (Wildman–Crippen LogP) is 2.22. The fraction of sp³-hybridized carbons (Fsp3) is 0.429.